The van der Waals surface area contributed by atoms with Crippen LogP contribution in [0.15, 0.2) is 28.1 Å². The molecule has 2 rings (SSSR count). The van der Waals surface area contributed by atoms with Gasteiger partial charge in [-0.15, -0.1) is 11.3 Å². The van der Waals surface area contributed by atoms with Crippen molar-refractivity contribution in [2.45, 2.75) is 19.9 Å². The summed E-state index contributed by atoms with van der Waals surface area (Å²) >= 11 is 5.23. The van der Waals surface area contributed by atoms with E-state index in [1.807, 2.05) is 19.1 Å². The molecule has 0 aliphatic heterocycles. The highest BCUT2D eigenvalue weighted by molar-refractivity contribution is 9.11. The Hall–Kier alpha value is -0.840. The monoisotopic (exact) mass is 325 g/mol. The van der Waals surface area contributed by atoms with Crippen LogP contribution in [0.25, 0.3) is 0 Å². The molecule has 2 nitrogen and oxygen atoms in total. The van der Waals surface area contributed by atoms with Gasteiger partial charge in [0.05, 0.1) is 16.9 Å². The van der Waals surface area contributed by atoms with Crippen molar-refractivity contribution < 1.29 is 4.74 Å². The zero-order valence-electron chi connectivity index (χ0n) is 10.7. The second-order valence-electron chi connectivity index (χ2n) is 4.31. The molecule has 0 aliphatic carbocycles. The van der Waals surface area contributed by atoms with Gasteiger partial charge in [0, 0.05) is 4.88 Å². The molecule has 96 valence electrons. The molecule has 0 bridgehead atoms. The first-order chi connectivity index (χ1) is 8.52. The normalized spacial score (nSPS) is 12.5. The third kappa shape index (κ3) is 2.60. The van der Waals surface area contributed by atoms with Gasteiger partial charge in [0.15, 0.2) is 0 Å². The Morgan fingerprint density at radius 3 is 2.44 bits per heavy atom. The Labute approximate surface area is 120 Å². The molecular formula is C14H16BrNOS. The summed E-state index contributed by atoms with van der Waals surface area (Å²) in [7, 11) is 1.68. The number of halogens is 1. The van der Waals surface area contributed by atoms with Crippen molar-refractivity contribution in [1.29, 1.82) is 0 Å². The molecule has 0 amide bonds. The number of hydrogen-bond acceptors (Lipinski definition) is 3. The van der Waals surface area contributed by atoms with Crippen LogP contribution in [0.3, 0.4) is 0 Å². The van der Waals surface area contributed by atoms with E-state index in [1.165, 1.54) is 10.4 Å². The first-order valence-electron chi connectivity index (χ1n) is 5.69. The molecule has 0 fully saturated rings. The highest BCUT2D eigenvalue weighted by atomic mass is 79.9. The van der Waals surface area contributed by atoms with Gasteiger partial charge < -0.3 is 10.5 Å². The van der Waals surface area contributed by atoms with Crippen molar-refractivity contribution in [3.8, 4) is 5.75 Å². The molecule has 1 aromatic carbocycles. The predicted octanol–water partition coefficient (Wildman–Crippen LogP) is 4.18. The number of ether oxygens (including phenoxy) is 1. The number of rotatable bonds is 3. The minimum atomic E-state index is -0.0791. The van der Waals surface area contributed by atoms with Crippen molar-refractivity contribution in [3.05, 3.63) is 49.6 Å². The van der Waals surface area contributed by atoms with Gasteiger partial charge in [-0.2, -0.15) is 0 Å². The van der Waals surface area contributed by atoms with Crippen LogP contribution in [0.5, 0.6) is 5.75 Å². The second kappa shape index (κ2) is 5.43. The quantitative estimate of drug-likeness (QED) is 0.918. The topological polar surface area (TPSA) is 35.2 Å². The first kappa shape index (κ1) is 13.6. The van der Waals surface area contributed by atoms with E-state index in [2.05, 4.69) is 35.0 Å². The number of methoxy groups -OCH3 is 1. The molecule has 0 saturated heterocycles. The SMILES string of the molecule is COc1ccc(C(N)c2cc(C)c(Br)s2)cc1C. The molecule has 0 spiro atoms. The molecule has 2 aromatic rings. The van der Waals surface area contributed by atoms with Crippen LogP contribution >= 0.6 is 27.3 Å². The maximum absolute atomic E-state index is 6.31. The summed E-state index contributed by atoms with van der Waals surface area (Å²) in [6, 6.07) is 8.15. The zero-order chi connectivity index (χ0) is 13.3. The van der Waals surface area contributed by atoms with Gasteiger partial charge in [-0.1, -0.05) is 12.1 Å². The third-order valence-electron chi connectivity index (χ3n) is 2.96. The lowest BCUT2D eigenvalue weighted by Gasteiger charge is -2.12. The Bertz CT molecular complexity index is 545. The lowest BCUT2D eigenvalue weighted by atomic mass is 10.0. The molecule has 0 saturated carbocycles. The molecule has 4 heteroatoms. The number of hydrogen-bond donors (Lipinski definition) is 1. The lowest BCUT2D eigenvalue weighted by molar-refractivity contribution is 0.411. The van der Waals surface area contributed by atoms with Gasteiger partial charge in [0.2, 0.25) is 0 Å². The Morgan fingerprint density at radius 2 is 1.94 bits per heavy atom. The minimum absolute atomic E-state index is 0.0791. The summed E-state index contributed by atoms with van der Waals surface area (Å²) in [6.45, 7) is 4.11. The van der Waals surface area contributed by atoms with Gasteiger partial charge >= 0.3 is 0 Å². The third-order valence-corrected chi connectivity index (χ3v) is 5.18. The molecule has 18 heavy (non-hydrogen) atoms. The number of benzene rings is 1. The van der Waals surface area contributed by atoms with Crippen LogP contribution in [0.2, 0.25) is 0 Å². The van der Waals surface area contributed by atoms with E-state index in [1.54, 1.807) is 18.4 Å². The van der Waals surface area contributed by atoms with E-state index < -0.39 is 0 Å². The van der Waals surface area contributed by atoms with Gasteiger partial charge in [0.1, 0.15) is 5.75 Å². The van der Waals surface area contributed by atoms with Crippen molar-refractivity contribution in [3.63, 3.8) is 0 Å². The highest BCUT2D eigenvalue weighted by Crippen LogP contribution is 2.34. The van der Waals surface area contributed by atoms with E-state index in [9.17, 15) is 0 Å². The fraction of sp³-hybridized carbons (Fsp3) is 0.286. The molecule has 1 heterocycles. The molecule has 1 atom stereocenters. The highest BCUT2D eigenvalue weighted by Gasteiger charge is 2.14. The van der Waals surface area contributed by atoms with Crippen molar-refractivity contribution in [2.24, 2.45) is 5.73 Å². The van der Waals surface area contributed by atoms with Crippen LogP contribution in [0.1, 0.15) is 27.6 Å². The van der Waals surface area contributed by atoms with Gasteiger partial charge in [-0.05, 0) is 58.6 Å². The largest absolute Gasteiger partial charge is 0.496 e. The average molecular weight is 326 g/mol. The van der Waals surface area contributed by atoms with E-state index in [4.69, 9.17) is 10.5 Å². The maximum Gasteiger partial charge on any atom is 0.121 e. The summed E-state index contributed by atoms with van der Waals surface area (Å²) in [6.07, 6.45) is 0. The summed E-state index contributed by atoms with van der Waals surface area (Å²) in [5, 5.41) is 0. The molecule has 0 aliphatic rings. The van der Waals surface area contributed by atoms with Crippen molar-refractivity contribution in [2.75, 3.05) is 7.11 Å². The Balaban J connectivity index is 2.33. The minimum Gasteiger partial charge on any atom is -0.496 e. The summed E-state index contributed by atoms with van der Waals surface area (Å²) < 4.78 is 6.41. The molecule has 1 unspecified atom stereocenters. The molecule has 1 aromatic heterocycles. The average Bonchev–Trinajstić information content (AvgIpc) is 2.68. The summed E-state index contributed by atoms with van der Waals surface area (Å²) in [4.78, 5) is 1.17. The van der Waals surface area contributed by atoms with E-state index in [0.717, 1.165) is 20.7 Å². The number of thiophene rings is 1. The van der Waals surface area contributed by atoms with Crippen LogP contribution in [0, 0.1) is 13.8 Å². The first-order valence-corrected chi connectivity index (χ1v) is 7.30. The van der Waals surface area contributed by atoms with E-state index >= 15 is 0 Å². The van der Waals surface area contributed by atoms with Gasteiger partial charge in [0.25, 0.3) is 0 Å². The number of aryl methyl sites for hydroxylation is 2. The predicted molar refractivity (Wildman–Crippen MR) is 80.5 cm³/mol. The molecule has 2 N–H and O–H groups in total. The maximum atomic E-state index is 6.31. The van der Waals surface area contributed by atoms with Gasteiger partial charge in [-0.3, -0.25) is 0 Å². The van der Waals surface area contributed by atoms with Crippen molar-refractivity contribution >= 4 is 27.3 Å². The lowest BCUT2D eigenvalue weighted by Crippen LogP contribution is -2.10. The smallest absolute Gasteiger partial charge is 0.121 e. The molecular weight excluding hydrogens is 310 g/mol. The number of nitrogens with two attached hydrogens (primary N) is 1. The molecule has 0 radical (unpaired) electrons. The Kier molecular flexibility index (Phi) is 4.10. The zero-order valence-corrected chi connectivity index (χ0v) is 13.1. The van der Waals surface area contributed by atoms with Gasteiger partial charge in [-0.25, -0.2) is 0 Å². The van der Waals surface area contributed by atoms with Crippen LogP contribution in [-0.2, 0) is 0 Å². The summed E-state index contributed by atoms with van der Waals surface area (Å²) in [5.74, 6) is 0.898. The van der Waals surface area contributed by atoms with E-state index in [-0.39, 0.29) is 6.04 Å². The Morgan fingerprint density at radius 1 is 1.22 bits per heavy atom. The van der Waals surface area contributed by atoms with Crippen molar-refractivity contribution in [1.82, 2.24) is 0 Å². The fourth-order valence-corrected chi connectivity index (χ4v) is 3.50. The second-order valence-corrected chi connectivity index (χ2v) is 6.71. The van der Waals surface area contributed by atoms with Crippen LogP contribution in [0.4, 0.5) is 0 Å². The van der Waals surface area contributed by atoms with Crippen LogP contribution in [-0.4, -0.2) is 7.11 Å². The van der Waals surface area contributed by atoms with E-state index in [0.29, 0.717) is 0 Å². The fourth-order valence-electron chi connectivity index (χ4n) is 1.90. The standard InChI is InChI=1S/C14H16BrNOS/c1-8-6-10(4-5-11(8)17-3)13(16)12-7-9(2)14(15)18-12/h4-7,13H,16H2,1-3H3. The van der Waals surface area contributed by atoms with Crippen LogP contribution < -0.4 is 10.5 Å². The summed E-state index contributed by atoms with van der Waals surface area (Å²) in [5.41, 5.74) is 9.76.